The van der Waals surface area contributed by atoms with E-state index in [-0.39, 0.29) is 10.6 Å². The van der Waals surface area contributed by atoms with Crippen LogP contribution in [0.25, 0.3) is 9.88 Å². The van der Waals surface area contributed by atoms with Crippen LogP contribution in [0.15, 0.2) is 46.7 Å². The molecule has 0 aliphatic rings. The summed E-state index contributed by atoms with van der Waals surface area (Å²) in [6, 6.07) is 9.72. The van der Waals surface area contributed by atoms with Crippen molar-refractivity contribution in [3.8, 4) is 9.88 Å². The number of benzene rings is 1. The molecular formula is C16H14ClN3O3S3. The first-order valence-electron chi connectivity index (χ1n) is 7.32. The molecule has 2 aromatic heterocycles. The zero-order chi connectivity index (χ0) is 18.9. The molecule has 0 fully saturated rings. The maximum Gasteiger partial charge on any atom is 0.275 e. The number of rotatable bonds is 5. The van der Waals surface area contributed by atoms with E-state index in [1.807, 2.05) is 6.07 Å². The Bertz CT molecular complexity index is 1060. The Kier molecular flexibility index (Phi) is 5.44. The van der Waals surface area contributed by atoms with Gasteiger partial charge in [-0.2, -0.15) is 0 Å². The highest BCUT2D eigenvalue weighted by Crippen LogP contribution is 2.33. The predicted octanol–water partition coefficient (Wildman–Crippen LogP) is 4.03. The van der Waals surface area contributed by atoms with Crippen molar-refractivity contribution in [1.29, 1.82) is 0 Å². The summed E-state index contributed by atoms with van der Waals surface area (Å²) in [4.78, 5) is 17.7. The SMILES string of the molecule is CN(C)S(=O)(=O)c1cccc(NC(=O)c2csc(-c3ccc(Cl)s3)n2)c1. The van der Waals surface area contributed by atoms with Gasteiger partial charge in [0.05, 0.1) is 14.1 Å². The van der Waals surface area contributed by atoms with E-state index in [9.17, 15) is 13.2 Å². The number of sulfonamides is 1. The van der Waals surface area contributed by atoms with Gasteiger partial charge in [-0.05, 0) is 30.3 Å². The molecule has 0 atom stereocenters. The molecule has 1 amide bonds. The van der Waals surface area contributed by atoms with Gasteiger partial charge in [0.1, 0.15) is 10.7 Å². The second-order valence-corrected chi connectivity index (χ2v) is 10.1. The lowest BCUT2D eigenvalue weighted by molar-refractivity contribution is 0.102. The second kappa shape index (κ2) is 7.45. The standard InChI is InChI=1S/C16H14ClN3O3S3/c1-20(2)26(22,23)11-5-3-4-10(8-11)18-15(21)12-9-24-16(19-12)13-6-7-14(17)25-13/h3-9H,1-2H3,(H,18,21). The van der Waals surface area contributed by atoms with E-state index in [2.05, 4.69) is 10.3 Å². The molecule has 136 valence electrons. The zero-order valence-corrected chi connectivity index (χ0v) is 17.0. The Morgan fingerprint density at radius 3 is 2.65 bits per heavy atom. The summed E-state index contributed by atoms with van der Waals surface area (Å²) in [5.74, 6) is -0.408. The third-order valence-corrected chi connectivity index (χ3v) is 7.45. The number of hydrogen-bond acceptors (Lipinski definition) is 6. The summed E-state index contributed by atoms with van der Waals surface area (Å²) in [6.45, 7) is 0. The van der Waals surface area contributed by atoms with Crippen molar-refractivity contribution in [1.82, 2.24) is 9.29 Å². The van der Waals surface area contributed by atoms with E-state index in [0.29, 0.717) is 15.0 Å². The molecule has 1 aromatic carbocycles. The fourth-order valence-corrected chi connectivity index (χ4v) is 4.92. The molecule has 1 N–H and O–H groups in total. The van der Waals surface area contributed by atoms with E-state index in [0.717, 1.165) is 9.18 Å². The van der Waals surface area contributed by atoms with Gasteiger partial charge in [-0.1, -0.05) is 17.7 Å². The van der Waals surface area contributed by atoms with Crippen molar-refractivity contribution in [2.75, 3.05) is 19.4 Å². The Morgan fingerprint density at radius 1 is 1.23 bits per heavy atom. The average Bonchev–Trinajstić information content (AvgIpc) is 3.23. The number of thiazole rings is 1. The highest BCUT2D eigenvalue weighted by Gasteiger charge is 2.18. The average molecular weight is 428 g/mol. The Hall–Kier alpha value is -1.78. The normalized spacial score (nSPS) is 11.7. The molecule has 2 heterocycles. The minimum Gasteiger partial charge on any atom is -0.321 e. The number of halogens is 1. The lowest BCUT2D eigenvalue weighted by Crippen LogP contribution is -2.22. The van der Waals surface area contributed by atoms with Crippen molar-refractivity contribution >= 4 is 55.9 Å². The summed E-state index contributed by atoms with van der Waals surface area (Å²) < 4.78 is 26.2. The number of nitrogens with one attached hydrogen (secondary N) is 1. The maximum absolute atomic E-state index is 12.4. The number of anilines is 1. The molecule has 3 aromatic rings. The van der Waals surface area contributed by atoms with Crippen LogP contribution in [0.4, 0.5) is 5.69 Å². The lowest BCUT2D eigenvalue weighted by atomic mass is 10.3. The molecule has 0 bridgehead atoms. The van der Waals surface area contributed by atoms with Crippen LogP contribution >= 0.6 is 34.3 Å². The lowest BCUT2D eigenvalue weighted by Gasteiger charge is -2.12. The zero-order valence-electron chi connectivity index (χ0n) is 13.8. The van der Waals surface area contributed by atoms with Crippen molar-refractivity contribution in [2.45, 2.75) is 4.90 Å². The Balaban J connectivity index is 1.80. The molecule has 0 unspecified atom stereocenters. The summed E-state index contributed by atoms with van der Waals surface area (Å²) in [5.41, 5.74) is 0.641. The highest BCUT2D eigenvalue weighted by atomic mass is 35.5. The fourth-order valence-electron chi connectivity index (χ4n) is 2.06. The van der Waals surface area contributed by atoms with Crippen LogP contribution < -0.4 is 5.32 Å². The van der Waals surface area contributed by atoms with Crippen LogP contribution in [0.1, 0.15) is 10.5 Å². The van der Waals surface area contributed by atoms with Crippen LogP contribution in [0, 0.1) is 0 Å². The van der Waals surface area contributed by atoms with Gasteiger partial charge in [0.25, 0.3) is 5.91 Å². The largest absolute Gasteiger partial charge is 0.321 e. The van der Waals surface area contributed by atoms with Gasteiger partial charge in [0.2, 0.25) is 10.0 Å². The fraction of sp³-hybridized carbons (Fsp3) is 0.125. The molecule has 0 saturated carbocycles. The minimum atomic E-state index is -3.57. The molecule has 0 radical (unpaired) electrons. The molecular weight excluding hydrogens is 414 g/mol. The van der Waals surface area contributed by atoms with Crippen molar-refractivity contribution in [3.63, 3.8) is 0 Å². The van der Waals surface area contributed by atoms with Crippen molar-refractivity contribution in [2.24, 2.45) is 0 Å². The number of thiophene rings is 1. The smallest absolute Gasteiger partial charge is 0.275 e. The predicted molar refractivity (Wildman–Crippen MR) is 106 cm³/mol. The number of carbonyl (C=O) groups is 1. The third kappa shape index (κ3) is 3.97. The van der Waals surface area contributed by atoms with Gasteiger partial charge in [0, 0.05) is 25.2 Å². The third-order valence-electron chi connectivity index (χ3n) is 3.39. The van der Waals surface area contributed by atoms with E-state index < -0.39 is 15.9 Å². The van der Waals surface area contributed by atoms with Crippen LogP contribution in [0.2, 0.25) is 4.34 Å². The monoisotopic (exact) mass is 427 g/mol. The molecule has 10 heteroatoms. The van der Waals surface area contributed by atoms with Crippen LogP contribution in [0.3, 0.4) is 0 Å². The van der Waals surface area contributed by atoms with Crippen LogP contribution in [-0.4, -0.2) is 37.7 Å². The van der Waals surface area contributed by atoms with E-state index in [4.69, 9.17) is 11.6 Å². The quantitative estimate of drug-likeness (QED) is 0.666. The van der Waals surface area contributed by atoms with Crippen molar-refractivity contribution in [3.05, 3.63) is 51.8 Å². The first-order valence-corrected chi connectivity index (χ1v) is 10.8. The van der Waals surface area contributed by atoms with Crippen LogP contribution in [-0.2, 0) is 10.0 Å². The minimum absolute atomic E-state index is 0.104. The van der Waals surface area contributed by atoms with Crippen molar-refractivity contribution < 1.29 is 13.2 Å². The first kappa shape index (κ1) is 19.0. The van der Waals surface area contributed by atoms with E-state index in [1.165, 1.54) is 48.9 Å². The van der Waals surface area contributed by atoms with Gasteiger partial charge in [-0.15, -0.1) is 22.7 Å². The molecule has 0 saturated heterocycles. The molecule has 0 spiro atoms. The highest BCUT2D eigenvalue weighted by molar-refractivity contribution is 7.89. The Labute approximate surface area is 164 Å². The van der Waals surface area contributed by atoms with Gasteiger partial charge < -0.3 is 5.32 Å². The molecule has 26 heavy (non-hydrogen) atoms. The molecule has 0 aliphatic carbocycles. The molecule has 0 aliphatic heterocycles. The van der Waals surface area contributed by atoms with E-state index in [1.54, 1.807) is 23.6 Å². The Morgan fingerprint density at radius 2 is 2.00 bits per heavy atom. The topological polar surface area (TPSA) is 79.4 Å². The number of nitrogens with zero attached hydrogens (tertiary/aromatic N) is 2. The summed E-state index contributed by atoms with van der Waals surface area (Å²) in [5, 5.41) is 5.04. The maximum atomic E-state index is 12.4. The number of carbonyl (C=O) groups excluding carboxylic acids is 1. The van der Waals surface area contributed by atoms with Gasteiger partial charge in [0.15, 0.2) is 0 Å². The number of hydrogen-bond donors (Lipinski definition) is 1. The van der Waals surface area contributed by atoms with Gasteiger partial charge in [-0.3, -0.25) is 4.79 Å². The van der Waals surface area contributed by atoms with Gasteiger partial charge >= 0.3 is 0 Å². The van der Waals surface area contributed by atoms with E-state index >= 15 is 0 Å². The van der Waals surface area contributed by atoms with Gasteiger partial charge in [-0.25, -0.2) is 17.7 Å². The molecule has 3 rings (SSSR count). The summed E-state index contributed by atoms with van der Waals surface area (Å²) in [7, 11) is -0.667. The second-order valence-electron chi connectivity index (χ2n) is 5.41. The molecule has 6 nitrogen and oxygen atoms in total. The van der Waals surface area contributed by atoms with Crippen LogP contribution in [0.5, 0.6) is 0 Å². The summed E-state index contributed by atoms with van der Waals surface area (Å²) >= 11 is 8.66. The first-order chi connectivity index (χ1) is 12.3. The summed E-state index contributed by atoms with van der Waals surface area (Å²) in [6.07, 6.45) is 0. The number of amides is 1. The number of aromatic nitrogens is 1.